The molecule has 0 fully saturated rings. The summed E-state index contributed by atoms with van der Waals surface area (Å²) in [5.74, 6) is 1.18. The Kier molecular flexibility index (Phi) is 5.69. The standard InChI is InChI=1S/C22H25N3O3S/c1-15-8-6-11-19-20(15)23-22(29-19)25(13-7-12-24(2)3)21(26)18-14-27-16-9-4-5-10-17(16)28-18/h4-6,8-11,18H,7,12-14H2,1-3H3/p+1/t18-/m0/s1. The van der Waals surface area contributed by atoms with Crippen molar-refractivity contribution in [1.82, 2.24) is 4.98 Å². The van der Waals surface area contributed by atoms with E-state index in [4.69, 9.17) is 14.5 Å². The summed E-state index contributed by atoms with van der Waals surface area (Å²) in [6.07, 6.45) is 0.206. The first kappa shape index (κ1) is 19.7. The topological polar surface area (TPSA) is 56.1 Å². The molecule has 0 spiro atoms. The van der Waals surface area contributed by atoms with Crippen LogP contribution in [0.4, 0.5) is 5.13 Å². The molecule has 0 unspecified atom stereocenters. The highest BCUT2D eigenvalue weighted by molar-refractivity contribution is 7.22. The molecule has 3 aromatic rings. The maximum atomic E-state index is 13.4. The Bertz CT molecular complexity index is 1020. The van der Waals surface area contributed by atoms with Crippen molar-refractivity contribution in [3.8, 4) is 11.5 Å². The predicted molar refractivity (Wildman–Crippen MR) is 115 cm³/mol. The Morgan fingerprint density at radius 2 is 2.00 bits per heavy atom. The molecule has 1 N–H and O–H groups in total. The van der Waals surface area contributed by atoms with Gasteiger partial charge in [0.15, 0.2) is 16.6 Å². The SMILES string of the molecule is Cc1cccc2sc(N(CCC[NH+](C)C)C(=O)[C@@H]3COc4ccccc4O3)nc12. The highest BCUT2D eigenvalue weighted by Crippen LogP contribution is 2.34. The molecule has 1 aliphatic rings. The number of carbonyl (C=O) groups excluding carboxylic acids is 1. The van der Waals surface area contributed by atoms with Crippen LogP contribution >= 0.6 is 11.3 Å². The largest absolute Gasteiger partial charge is 0.485 e. The van der Waals surface area contributed by atoms with E-state index in [0.717, 1.165) is 33.9 Å². The first-order valence-electron chi connectivity index (χ1n) is 9.88. The average Bonchev–Trinajstić information content (AvgIpc) is 3.15. The van der Waals surface area contributed by atoms with Gasteiger partial charge in [-0.3, -0.25) is 9.69 Å². The summed E-state index contributed by atoms with van der Waals surface area (Å²) in [4.78, 5) is 21.3. The zero-order valence-corrected chi connectivity index (χ0v) is 17.8. The summed E-state index contributed by atoms with van der Waals surface area (Å²) in [5, 5.41) is 0.718. The monoisotopic (exact) mass is 412 g/mol. The quantitative estimate of drug-likeness (QED) is 0.675. The number of hydrogen-bond donors (Lipinski definition) is 1. The molecule has 152 valence electrons. The molecule has 0 radical (unpaired) electrons. The van der Waals surface area contributed by atoms with Crippen LogP contribution in [-0.2, 0) is 4.79 Å². The number of nitrogens with one attached hydrogen (secondary N) is 1. The molecule has 2 heterocycles. The van der Waals surface area contributed by atoms with Crippen molar-refractivity contribution in [3.05, 3.63) is 48.0 Å². The zero-order chi connectivity index (χ0) is 20.4. The van der Waals surface area contributed by atoms with Gasteiger partial charge in [0.25, 0.3) is 5.91 Å². The molecule has 0 bridgehead atoms. The molecule has 29 heavy (non-hydrogen) atoms. The Labute approximate surface area is 174 Å². The smallest absolute Gasteiger partial charge is 0.273 e. The fourth-order valence-corrected chi connectivity index (χ4v) is 4.47. The molecule has 6 nitrogen and oxygen atoms in total. The lowest BCUT2D eigenvalue weighted by Crippen LogP contribution is -3.05. The molecule has 1 aliphatic heterocycles. The van der Waals surface area contributed by atoms with Crippen LogP contribution in [0.5, 0.6) is 11.5 Å². The van der Waals surface area contributed by atoms with Gasteiger partial charge in [-0.05, 0) is 30.7 Å². The second kappa shape index (κ2) is 8.39. The van der Waals surface area contributed by atoms with Crippen LogP contribution < -0.4 is 19.3 Å². The lowest BCUT2D eigenvalue weighted by atomic mass is 10.2. The summed E-state index contributed by atoms with van der Waals surface area (Å²) in [5.41, 5.74) is 2.07. The Hall–Kier alpha value is -2.64. The highest BCUT2D eigenvalue weighted by Gasteiger charge is 2.33. The number of thiazole rings is 1. The first-order valence-corrected chi connectivity index (χ1v) is 10.7. The third-order valence-corrected chi connectivity index (χ3v) is 5.99. The molecule has 0 saturated heterocycles. The fourth-order valence-electron chi connectivity index (χ4n) is 3.40. The third-order valence-electron chi connectivity index (χ3n) is 4.95. The number of aromatic nitrogens is 1. The Morgan fingerprint density at radius 1 is 1.21 bits per heavy atom. The molecule has 0 saturated carbocycles. The number of rotatable bonds is 6. The maximum Gasteiger partial charge on any atom is 0.273 e. The van der Waals surface area contributed by atoms with E-state index in [1.165, 1.54) is 4.90 Å². The van der Waals surface area contributed by atoms with Gasteiger partial charge in [-0.15, -0.1) is 0 Å². The van der Waals surface area contributed by atoms with Crippen LogP contribution in [0, 0.1) is 6.92 Å². The number of aryl methyl sites for hydroxylation is 1. The summed E-state index contributed by atoms with van der Waals surface area (Å²) < 4.78 is 12.8. The van der Waals surface area contributed by atoms with E-state index in [1.807, 2.05) is 49.4 Å². The third kappa shape index (κ3) is 4.21. The number of quaternary nitrogens is 1. The number of ether oxygens (including phenoxy) is 2. The van der Waals surface area contributed by atoms with Gasteiger partial charge >= 0.3 is 0 Å². The molecular formula is C22H26N3O3S+. The van der Waals surface area contributed by atoms with E-state index >= 15 is 0 Å². The van der Waals surface area contributed by atoms with Gasteiger partial charge < -0.3 is 14.4 Å². The van der Waals surface area contributed by atoms with Gasteiger partial charge in [-0.2, -0.15) is 0 Å². The van der Waals surface area contributed by atoms with Crippen molar-refractivity contribution in [2.75, 3.05) is 38.7 Å². The average molecular weight is 413 g/mol. The molecule has 1 amide bonds. The van der Waals surface area contributed by atoms with Crippen molar-refractivity contribution in [2.45, 2.75) is 19.4 Å². The maximum absolute atomic E-state index is 13.4. The van der Waals surface area contributed by atoms with Gasteiger partial charge in [0.2, 0.25) is 6.10 Å². The summed E-state index contributed by atoms with van der Waals surface area (Å²) >= 11 is 1.55. The molecule has 0 aliphatic carbocycles. The molecule has 1 aromatic heterocycles. The van der Waals surface area contributed by atoms with Crippen LogP contribution in [0.1, 0.15) is 12.0 Å². The Balaban J connectivity index is 1.61. The van der Waals surface area contributed by atoms with Crippen molar-refractivity contribution in [1.29, 1.82) is 0 Å². The first-order chi connectivity index (χ1) is 14.0. The number of hydrogen-bond acceptors (Lipinski definition) is 5. The number of carbonyl (C=O) groups is 1. The van der Waals surface area contributed by atoms with E-state index in [1.54, 1.807) is 16.2 Å². The van der Waals surface area contributed by atoms with Gasteiger partial charge in [-0.1, -0.05) is 35.6 Å². The van der Waals surface area contributed by atoms with E-state index in [9.17, 15) is 4.79 Å². The van der Waals surface area contributed by atoms with E-state index < -0.39 is 6.10 Å². The summed E-state index contributed by atoms with van der Waals surface area (Å²) in [6.45, 7) is 3.82. The molecule has 1 atom stereocenters. The van der Waals surface area contributed by atoms with Crippen LogP contribution in [0.2, 0.25) is 0 Å². The van der Waals surface area contributed by atoms with E-state index in [2.05, 4.69) is 14.1 Å². The minimum absolute atomic E-state index is 0.107. The highest BCUT2D eigenvalue weighted by atomic mass is 32.1. The number of benzene rings is 2. The predicted octanol–water partition coefficient (Wildman–Crippen LogP) is 2.31. The Morgan fingerprint density at radius 3 is 2.76 bits per heavy atom. The van der Waals surface area contributed by atoms with E-state index in [-0.39, 0.29) is 12.5 Å². The number of para-hydroxylation sites is 3. The van der Waals surface area contributed by atoms with Crippen molar-refractivity contribution in [2.24, 2.45) is 0 Å². The number of fused-ring (bicyclic) bond motifs is 2. The van der Waals surface area contributed by atoms with Crippen molar-refractivity contribution >= 4 is 32.6 Å². The van der Waals surface area contributed by atoms with Gasteiger partial charge in [0.05, 0.1) is 30.9 Å². The number of amides is 1. The van der Waals surface area contributed by atoms with Gasteiger partial charge in [0, 0.05) is 13.0 Å². The van der Waals surface area contributed by atoms with Gasteiger partial charge in [0.1, 0.15) is 6.61 Å². The number of nitrogens with zero attached hydrogens (tertiary/aromatic N) is 2. The van der Waals surface area contributed by atoms with Crippen LogP contribution in [0.15, 0.2) is 42.5 Å². The normalized spacial score (nSPS) is 15.7. The lowest BCUT2D eigenvalue weighted by Gasteiger charge is -2.29. The molecule has 4 rings (SSSR count). The van der Waals surface area contributed by atoms with Gasteiger partial charge in [-0.25, -0.2) is 4.98 Å². The van der Waals surface area contributed by atoms with Crippen molar-refractivity contribution < 1.29 is 19.2 Å². The van der Waals surface area contributed by atoms with Crippen molar-refractivity contribution in [3.63, 3.8) is 0 Å². The minimum Gasteiger partial charge on any atom is -0.485 e. The van der Waals surface area contributed by atoms with E-state index in [0.29, 0.717) is 18.0 Å². The summed E-state index contributed by atoms with van der Waals surface area (Å²) in [6, 6.07) is 13.6. The second-order valence-electron chi connectivity index (χ2n) is 7.58. The second-order valence-corrected chi connectivity index (χ2v) is 8.59. The van der Waals surface area contributed by atoms with Crippen LogP contribution in [0.25, 0.3) is 10.2 Å². The lowest BCUT2D eigenvalue weighted by molar-refractivity contribution is -0.858. The van der Waals surface area contributed by atoms with Crippen LogP contribution in [0.3, 0.4) is 0 Å². The fraction of sp³-hybridized carbons (Fsp3) is 0.364. The minimum atomic E-state index is -0.676. The zero-order valence-electron chi connectivity index (χ0n) is 17.0. The number of anilines is 1. The summed E-state index contributed by atoms with van der Waals surface area (Å²) in [7, 11) is 4.23. The van der Waals surface area contributed by atoms with Crippen LogP contribution in [-0.4, -0.2) is 50.8 Å². The molecule has 2 aromatic carbocycles. The molecular weight excluding hydrogens is 386 g/mol. The molecule has 7 heteroatoms.